The van der Waals surface area contributed by atoms with Crippen LogP contribution in [0.3, 0.4) is 0 Å². The predicted molar refractivity (Wildman–Crippen MR) is 125 cm³/mol. The van der Waals surface area contributed by atoms with Crippen LogP contribution in [0, 0.1) is 6.92 Å². The van der Waals surface area contributed by atoms with Gasteiger partial charge in [0.25, 0.3) is 5.91 Å². The molecule has 9 heteroatoms. The average molecular weight is 475 g/mol. The van der Waals surface area contributed by atoms with Crippen molar-refractivity contribution in [2.24, 2.45) is 0 Å². The molecule has 1 heterocycles. The average Bonchev–Trinajstić information content (AvgIpc) is 3.10. The predicted octanol–water partition coefficient (Wildman–Crippen LogP) is 4.00. The fourth-order valence-electron chi connectivity index (χ4n) is 3.79. The van der Waals surface area contributed by atoms with Crippen LogP contribution in [-0.4, -0.2) is 51.4 Å². The van der Waals surface area contributed by atoms with Crippen molar-refractivity contribution in [2.75, 3.05) is 32.1 Å². The van der Waals surface area contributed by atoms with Gasteiger partial charge in [0.05, 0.1) is 29.7 Å². The number of nitrogens with one attached hydrogen (secondary N) is 1. The maximum atomic E-state index is 13.2. The molecule has 3 rings (SSSR count). The zero-order valence-corrected chi connectivity index (χ0v) is 20.0. The molecule has 1 aliphatic heterocycles. The fraction of sp³-hybridized carbons (Fsp3) is 0.417. The van der Waals surface area contributed by atoms with Gasteiger partial charge in [-0.25, -0.2) is 13.2 Å². The summed E-state index contributed by atoms with van der Waals surface area (Å²) < 4.78 is 38.2. The molecule has 1 N–H and O–H groups in total. The van der Waals surface area contributed by atoms with Gasteiger partial charge < -0.3 is 14.8 Å². The number of rotatable bonds is 7. The van der Waals surface area contributed by atoms with Gasteiger partial charge in [0, 0.05) is 18.8 Å². The first-order valence-corrected chi connectivity index (χ1v) is 12.5. The highest BCUT2D eigenvalue weighted by Gasteiger charge is 2.27. The summed E-state index contributed by atoms with van der Waals surface area (Å²) in [6, 6.07) is 9.13. The van der Waals surface area contributed by atoms with Crippen LogP contribution in [0.1, 0.15) is 58.9 Å². The third kappa shape index (κ3) is 5.72. The second kappa shape index (κ2) is 10.8. The van der Waals surface area contributed by atoms with Gasteiger partial charge >= 0.3 is 5.97 Å². The van der Waals surface area contributed by atoms with Crippen LogP contribution in [0.25, 0.3) is 0 Å². The highest BCUT2D eigenvalue weighted by molar-refractivity contribution is 7.89. The molecule has 0 radical (unpaired) electrons. The SMILES string of the molecule is CCOC(=O)c1ccc(NC(=O)c2cc(S(=O)(=O)N3CCCCCC3)ccc2OC)c(C)c1. The fourth-order valence-corrected chi connectivity index (χ4v) is 5.33. The Balaban J connectivity index is 1.88. The van der Waals surface area contributed by atoms with Gasteiger partial charge in [0.15, 0.2) is 0 Å². The van der Waals surface area contributed by atoms with Crippen molar-refractivity contribution >= 4 is 27.6 Å². The quantitative estimate of drug-likeness (QED) is 0.609. The molecule has 8 nitrogen and oxygen atoms in total. The summed E-state index contributed by atoms with van der Waals surface area (Å²) in [5.41, 5.74) is 1.66. The highest BCUT2D eigenvalue weighted by Crippen LogP contribution is 2.27. The summed E-state index contributed by atoms with van der Waals surface area (Å²) in [7, 11) is -2.30. The first kappa shape index (κ1) is 24.7. The number of amides is 1. The van der Waals surface area contributed by atoms with Crippen molar-refractivity contribution in [3.63, 3.8) is 0 Å². The van der Waals surface area contributed by atoms with Gasteiger partial charge in [-0.2, -0.15) is 4.31 Å². The Morgan fingerprint density at radius 3 is 2.33 bits per heavy atom. The third-order valence-corrected chi connectivity index (χ3v) is 7.50. The minimum Gasteiger partial charge on any atom is -0.496 e. The van der Waals surface area contributed by atoms with Crippen LogP contribution in [0.5, 0.6) is 5.75 Å². The maximum Gasteiger partial charge on any atom is 0.338 e. The molecule has 2 aromatic rings. The van der Waals surface area contributed by atoms with Crippen molar-refractivity contribution in [2.45, 2.75) is 44.4 Å². The molecule has 0 unspecified atom stereocenters. The first-order valence-electron chi connectivity index (χ1n) is 11.0. The lowest BCUT2D eigenvalue weighted by atomic mass is 10.1. The molecule has 0 bridgehead atoms. The summed E-state index contributed by atoms with van der Waals surface area (Å²) in [4.78, 5) is 25.1. The summed E-state index contributed by atoms with van der Waals surface area (Å²) in [6.45, 7) is 4.71. The lowest BCUT2D eigenvalue weighted by Crippen LogP contribution is -2.32. The zero-order valence-electron chi connectivity index (χ0n) is 19.2. The van der Waals surface area contributed by atoms with E-state index in [1.165, 1.54) is 29.6 Å². The smallest absolute Gasteiger partial charge is 0.338 e. The number of sulfonamides is 1. The lowest BCUT2D eigenvalue weighted by molar-refractivity contribution is 0.0526. The van der Waals surface area contributed by atoms with E-state index in [-0.39, 0.29) is 22.8 Å². The molecule has 0 atom stereocenters. The lowest BCUT2D eigenvalue weighted by Gasteiger charge is -2.21. The van der Waals surface area contributed by atoms with E-state index in [1.807, 2.05) is 0 Å². The molecule has 2 aromatic carbocycles. The van der Waals surface area contributed by atoms with E-state index < -0.39 is 21.9 Å². The van der Waals surface area contributed by atoms with E-state index >= 15 is 0 Å². The van der Waals surface area contributed by atoms with E-state index in [0.717, 1.165) is 25.7 Å². The Kier molecular flexibility index (Phi) is 8.10. The molecule has 1 amide bonds. The van der Waals surface area contributed by atoms with Crippen molar-refractivity contribution < 1.29 is 27.5 Å². The highest BCUT2D eigenvalue weighted by atomic mass is 32.2. The minimum atomic E-state index is -3.72. The minimum absolute atomic E-state index is 0.0599. The standard InChI is InChI=1S/C24H30N2O6S/c1-4-32-24(28)18-9-11-21(17(2)15-18)25-23(27)20-16-19(10-12-22(20)31-3)33(29,30)26-13-7-5-6-8-14-26/h9-12,15-16H,4-8,13-14H2,1-3H3,(H,25,27). The zero-order chi connectivity index (χ0) is 24.0. The van der Waals surface area contributed by atoms with Gasteiger partial charge in [0.2, 0.25) is 10.0 Å². The van der Waals surface area contributed by atoms with Gasteiger partial charge in [0.1, 0.15) is 5.75 Å². The Labute approximate surface area is 194 Å². The van der Waals surface area contributed by atoms with Crippen molar-refractivity contribution in [3.05, 3.63) is 53.1 Å². The molecule has 1 aliphatic rings. The molecule has 0 aliphatic carbocycles. The second-order valence-electron chi connectivity index (χ2n) is 7.88. The van der Waals surface area contributed by atoms with Crippen LogP contribution in [0.2, 0.25) is 0 Å². The van der Waals surface area contributed by atoms with Crippen molar-refractivity contribution in [1.82, 2.24) is 4.31 Å². The summed E-state index contributed by atoms with van der Waals surface area (Å²) >= 11 is 0. The number of carbonyl (C=O) groups is 2. The number of hydrogen-bond donors (Lipinski definition) is 1. The molecule has 1 fully saturated rings. The van der Waals surface area contributed by atoms with Gasteiger partial charge in [-0.3, -0.25) is 4.79 Å². The Morgan fingerprint density at radius 1 is 1.03 bits per heavy atom. The third-order valence-electron chi connectivity index (χ3n) is 5.60. The first-order chi connectivity index (χ1) is 15.8. The number of aryl methyl sites for hydroxylation is 1. The summed E-state index contributed by atoms with van der Waals surface area (Å²) in [5, 5.41) is 2.79. The van der Waals surface area contributed by atoms with E-state index in [2.05, 4.69) is 5.32 Å². The number of esters is 1. The van der Waals surface area contributed by atoms with E-state index in [9.17, 15) is 18.0 Å². The second-order valence-corrected chi connectivity index (χ2v) is 9.82. The molecule has 0 saturated carbocycles. The molecule has 0 aromatic heterocycles. The number of ether oxygens (including phenoxy) is 2. The van der Waals surface area contributed by atoms with Crippen LogP contribution in [-0.2, 0) is 14.8 Å². The number of carbonyl (C=O) groups excluding carboxylic acids is 2. The Morgan fingerprint density at radius 2 is 1.73 bits per heavy atom. The van der Waals surface area contributed by atoms with E-state index in [1.54, 1.807) is 32.0 Å². The van der Waals surface area contributed by atoms with Crippen molar-refractivity contribution in [3.8, 4) is 5.75 Å². The topological polar surface area (TPSA) is 102 Å². The number of methoxy groups -OCH3 is 1. The largest absolute Gasteiger partial charge is 0.496 e. The molecule has 33 heavy (non-hydrogen) atoms. The Bertz CT molecular complexity index is 1120. The molecular weight excluding hydrogens is 444 g/mol. The Hall–Kier alpha value is -2.91. The molecule has 1 saturated heterocycles. The summed E-state index contributed by atoms with van der Waals surface area (Å²) in [5.74, 6) is -0.679. The number of benzene rings is 2. The van der Waals surface area contributed by atoms with Gasteiger partial charge in [-0.15, -0.1) is 0 Å². The number of nitrogens with zero attached hydrogens (tertiary/aromatic N) is 1. The van der Waals surface area contributed by atoms with Gasteiger partial charge in [-0.1, -0.05) is 12.8 Å². The normalized spacial score (nSPS) is 14.9. The van der Waals surface area contributed by atoms with Crippen LogP contribution in [0.15, 0.2) is 41.3 Å². The van der Waals surface area contributed by atoms with Crippen LogP contribution in [0.4, 0.5) is 5.69 Å². The number of anilines is 1. The summed E-state index contributed by atoms with van der Waals surface area (Å²) in [6.07, 6.45) is 3.67. The van der Waals surface area contributed by atoms with E-state index in [0.29, 0.717) is 29.9 Å². The van der Waals surface area contributed by atoms with Crippen LogP contribution < -0.4 is 10.1 Å². The van der Waals surface area contributed by atoms with E-state index in [4.69, 9.17) is 9.47 Å². The molecule has 0 spiro atoms. The van der Waals surface area contributed by atoms with Gasteiger partial charge in [-0.05, 0) is 68.7 Å². The van der Waals surface area contributed by atoms with Crippen LogP contribution >= 0.6 is 0 Å². The molecular formula is C24H30N2O6S. The monoisotopic (exact) mass is 474 g/mol. The maximum absolute atomic E-state index is 13.2. The van der Waals surface area contributed by atoms with Crippen molar-refractivity contribution in [1.29, 1.82) is 0 Å². The molecule has 178 valence electrons. The number of hydrogen-bond acceptors (Lipinski definition) is 6.